The smallest absolute Gasteiger partial charge is 0.344 e. The molecule has 1 aromatic heterocycles. The van der Waals surface area contributed by atoms with E-state index in [1.165, 1.54) is 25.8 Å². The van der Waals surface area contributed by atoms with E-state index in [1.807, 2.05) is 13.0 Å². The molecular formula is C30H27IO4S. The Balaban J connectivity index is 1.54. The van der Waals surface area contributed by atoms with E-state index in [2.05, 4.69) is 96.3 Å². The summed E-state index contributed by atoms with van der Waals surface area (Å²) in [5.74, 6) is 0.236. The van der Waals surface area contributed by atoms with E-state index >= 15 is 0 Å². The zero-order valence-electron chi connectivity index (χ0n) is 20.3. The Hall–Kier alpha value is -3.10. The second kappa shape index (κ2) is 11.8. The zero-order chi connectivity index (χ0) is 25.7. The van der Waals surface area contributed by atoms with Crippen molar-refractivity contribution in [3.63, 3.8) is 0 Å². The topological polar surface area (TPSA) is 55.8 Å². The van der Waals surface area contributed by atoms with Crippen molar-refractivity contribution < 1.29 is 19.4 Å². The first-order chi connectivity index (χ1) is 17.3. The molecule has 0 aliphatic carbocycles. The highest BCUT2D eigenvalue weighted by Gasteiger charge is 2.14. The monoisotopic (exact) mass is 610 g/mol. The predicted octanol–water partition coefficient (Wildman–Crippen LogP) is 8.00. The van der Waals surface area contributed by atoms with E-state index in [0.29, 0.717) is 18.1 Å². The molecule has 0 saturated carbocycles. The van der Waals surface area contributed by atoms with Gasteiger partial charge >= 0.3 is 5.97 Å². The maximum absolute atomic E-state index is 11.1. The summed E-state index contributed by atoms with van der Waals surface area (Å²) in [7, 11) is 0. The molecular weight excluding hydrogens is 583 g/mol. The number of carbonyl (C=O) groups is 1. The van der Waals surface area contributed by atoms with Crippen LogP contribution in [0.4, 0.5) is 0 Å². The lowest BCUT2D eigenvalue weighted by Gasteiger charge is -2.14. The molecule has 0 fully saturated rings. The van der Waals surface area contributed by atoms with Gasteiger partial charge in [0.2, 0.25) is 0 Å². The Morgan fingerprint density at radius 3 is 2.22 bits per heavy atom. The Labute approximate surface area is 229 Å². The third kappa shape index (κ3) is 6.56. The number of aliphatic carboxylic acids is 1. The van der Waals surface area contributed by atoms with Crippen molar-refractivity contribution in [1.82, 2.24) is 0 Å². The van der Waals surface area contributed by atoms with E-state index in [1.54, 1.807) is 23.5 Å². The first kappa shape index (κ1) is 26.0. The lowest BCUT2D eigenvalue weighted by atomic mass is 9.96. The number of hydrogen-bond acceptors (Lipinski definition) is 4. The molecule has 1 atom stereocenters. The van der Waals surface area contributed by atoms with Crippen molar-refractivity contribution in [2.24, 2.45) is 0 Å². The van der Waals surface area contributed by atoms with Crippen LogP contribution in [0.2, 0.25) is 0 Å². The van der Waals surface area contributed by atoms with Gasteiger partial charge < -0.3 is 14.6 Å². The van der Waals surface area contributed by atoms with Gasteiger partial charge in [-0.3, -0.25) is 0 Å². The Morgan fingerprint density at radius 1 is 0.972 bits per heavy atom. The number of ether oxygens (including phenoxy) is 2. The predicted molar refractivity (Wildman–Crippen MR) is 155 cm³/mol. The second-order valence-electron chi connectivity index (χ2n) is 8.45. The van der Waals surface area contributed by atoms with Crippen LogP contribution in [-0.4, -0.2) is 23.8 Å². The van der Waals surface area contributed by atoms with Crippen molar-refractivity contribution in [3.05, 3.63) is 110 Å². The molecule has 0 spiro atoms. The molecule has 4 nitrogen and oxygen atoms in total. The number of benzene rings is 3. The van der Waals surface area contributed by atoms with Crippen molar-refractivity contribution in [2.45, 2.75) is 26.9 Å². The van der Waals surface area contributed by atoms with Crippen molar-refractivity contribution in [2.75, 3.05) is 6.61 Å². The minimum absolute atomic E-state index is 0.387. The summed E-state index contributed by atoms with van der Waals surface area (Å²) in [4.78, 5) is 13.6. The van der Waals surface area contributed by atoms with Gasteiger partial charge in [0, 0.05) is 13.3 Å². The fraction of sp³-hybridized carbons (Fsp3) is 0.167. The number of rotatable bonds is 9. The van der Waals surface area contributed by atoms with Crippen LogP contribution < -0.4 is 9.47 Å². The number of thiophene rings is 1. The first-order valence-corrected chi connectivity index (χ1v) is 13.5. The largest absolute Gasteiger partial charge is 0.489 e. The molecule has 0 saturated heterocycles. The molecule has 4 aromatic rings. The van der Waals surface area contributed by atoms with Crippen molar-refractivity contribution >= 4 is 45.5 Å². The second-order valence-corrected chi connectivity index (χ2v) is 11.0. The van der Waals surface area contributed by atoms with Crippen LogP contribution in [0.25, 0.3) is 16.0 Å². The van der Waals surface area contributed by atoms with Gasteiger partial charge in [0.1, 0.15) is 18.1 Å². The lowest BCUT2D eigenvalue weighted by Crippen LogP contribution is -2.23. The molecule has 0 aliphatic rings. The van der Waals surface area contributed by atoms with Crippen LogP contribution in [0.3, 0.4) is 0 Å². The van der Waals surface area contributed by atoms with Gasteiger partial charge in [-0.25, -0.2) is 4.79 Å². The quantitative estimate of drug-likeness (QED) is 0.195. The van der Waals surface area contributed by atoms with Crippen LogP contribution in [0, 0.1) is 17.4 Å². The number of hydrogen-bond donors (Lipinski definition) is 1. The minimum Gasteiger partial charge on any atom is -0.489 e. The summed E-state index contributed by atoms with van der Waals surface area (Å²) in [5.41, 5.74) is 5.39. The summed E-state index contributed by atoms with van der Waals surface area (Å²) in [5, 5.41) is 9.08. The standard InChI is InChI=1S/C30H27IO4S/c1-19-18-26(13-14-28(19)35-21(3)30(32)33)34-17-16-27(23-9-11-25(31)12-10-23)22-5-7-24(8-6-22)29-15-4-20(2)36-29/h4-16,18,21H,17H2,1-3H3,(H,32,33). The SMILES string of the molecule is Cc1ccc(-c2ccc(C(=CCOc3ccc(OC(C)C(=O)O)c(C)c3)c3ccc(I)cc3)cc2)s1. The van der Waals surface area contributed by atoms with Crippen LogP contribution in [-0.2, 0) is 4.79 Å². The third-order valence-electron chi connectivity index (χ3n) is 5.71. The highest BCUT2D eigenvalue weighted by molar-refractivity contribution is 14.1. The molecule has 4 rings (SSSR count). The van der Waals surface area contributed by atoms with Crippen LogP contribution in [0.15, 0.2) is 84.9 Å². The van der Waals surface area contributed by atoms with Gasteiger partial charge in [0.25, 0.3) is 0 Å². The molecule has 36 heavy (non-hydrogen) atoms. The van der Waals surface area contributed by atoms with Crippen LogP contribution >= 0.6 is 33.9 Å². The zero-order valence-corrected chi connectivity index (χ0v) is 23.3. The lowest BCUT2D eigenvalue weighted by molar-refractivity contribution is -0.144. The van der Waals surface area contributed by atoms with E-state index in [0.717, 1.165) is 22.3 Å². The Bertz CT molecular complexity index is 1370. The van der Waals surface area contributed by atoms with E-state index < -0.39 is 12.1 Å². The number of carboxylic acid groups (broad SMARTS) is 1. The van der Waals surface area contributed by atoms with Gasteiger partial charge in [-0.2, -0.15) is 0 Å². The number of halogens is 1. The first-order valence-electron chi connectivity index (χ1n) is 11.6. The Morgan fingerprint density at radius 2 is 1.64 bits per heavy atom. The molecule has 184 valence electrons. The Kier molecular flexibility index (Phi) is 8.48. The molecule has 6 heteroatoms. The summed E-state index contributed by atoms with van der Waals surface area (Å²) in [6.45, 7) is 5.90. The molecule has 0 radical (unpaired) electrons. The van der Waals surface area contributed by atoms with Crippen LogP contribution in [0.5, 0.6) is 11.5 Å². The molecule has 0 aliphatic heterocycles. The summed E-state index contributed by atoms with van der Waals surface area (Å²) in [6.07, 6.45) is 1.18. The van der Waals surface area contributed by atoms with Gasteiger partial charge in [-0.05, 0) is 120 Å². The number of aryl methyl sites for hydroxylation is 2. The fourth-order valence-corrected chi connectivity index (χ4v) is 4.97. The molecule has 1 unspecified atom stereocenters. The normalized spacial score (nSPS) is 12.3. The third-order valence-corrected chi connectivity index (χ3v) is 7.48. The van der Waals surface area contributed by atoms with Crippen LogP contribution in [0.1, 0.15) is 28.5 Å². The maximum Gasteiger partial charge on any atom is 0.344 e. The van der Waals surface area contributed by atoms with Crippen molar-refractivity contribution in [3.8, 4) is 21.9 Å². The molecule has 0 amide bonds. The van der Waals surface area contributed by atoms with E-state index in [4.69, 9.17) is 14.6 Å². The average molecular weight is 611 g/mol. The summed E-state index contributed by atoms with van der Waals surface area (Å²) in [6, 6.07) is 26.8. The molecule has 1 heterocycles. The summed E-state index contributed by atoms with van der Waals surface area (Å²) < 4.78 is 12.7. The van der Waals surface area contributed by atoms with Gasteiger partial charge in [0.15, 0.2) is 6.10 Å². The summed E-state index contributed by atoms with van der Waals surface area (Å²) >= 11 is 4.11. The minimum atomic E-state index is -0.999. The molecule has 1 N–H and O–H groups in total. The van der Waals surface area contributed by atoms with Gasteiger partial charge in [0.05, 0.1) is 0 Å². The fourth-order valence-electron chi connectivity index (χ4n) is 3.74. The maximum atomic E-state index is 11.1. The number of carboxylic acids is 1. The highest BCUT2D eigenvalue weighted by atomic mass is 127. The molecule has 0 bridgehead atoms. The highest BCUT2D eigenvalue weighted by Crippen LogP contribution is 2.31. The van der Waals surface area contributed by atoms with E-state index in [-0.39, 0.29) is 0 Å². The van der Waals surface area contributed by atoms with Gasteiger partial charge in [-0.1, -0.05) is 36.4 Å². The van der Waals surface area contributed by atoms with Gasteiger partial charge in [-0.15, -0.1) is 11.3 Å². The van der Waals surface area contributed by atoms with E-state index in [9.17, 15) is 4.79 Å². The van der Waals surface area contributed by atoms with Crippen molar-refractivity contribution in [1.29, 1.82) is 0 Å². The molecule has 3 aromatic carbocycles. The average Bonchev–Trinajstić information content (AvgIpc) is 3.30.